The van der Waals surface area contributed by atoms with E-state index in [2.05, 4.69) is 20.2 Å². The number of nitrogens with one attached hydrogen (secondary N) is 2. The summed E-state index contributed by atoms with van der Waals surface area (Å²) in [5.41, 5.74) is 1.42. The summed E-state index contributed by atoms with van der Waals surface area (Å²) in [6.45, 7) is 3.10. The molecule has 11 heteroatoms. The van der Waals surface area contributed by atoms with Crippen molar-refractivity contribution in [3.05, 3.63) is 41.9 Å². The van der Waals surface area contributed by atoms with Crippen LogP contribution < -0.4 is 10.6 Å². The molecule has 2 unspecified atom stereocenters. The van der Waals surface area contributed by atoms with Crippen LogP contribution in [0.2, 0.25) is 0 Å². The van der Waals surface area contributed by atoms with E-state index in [1.165, 1.54) is 37.8 Å². The summed E-state index contributed by atoms with van der Waals surface area (Å²) in [6, 6.07) is 4.71. The van der Waals surface area contributed by atoms with Gasteiger partial charge in [0.15, 0.2) is 0 Å². The van der Waals surface area contributed by atoms with Gasteiger partial charge >= 0.3 is 12.1 Å². The summed E-state index contributed by atoms with van der Waals surface area (Å²) >= 11 is 0. The number of alkyl halides is 3. The van der Waals surface area contributed by atoms with Gasteiger partial charge in [0.2, 0.25) is 0 Å². The normalized spacial score (nSPS) is 23.4. The summed E-state index contributed by atoms with van der Waals surface area (Å²) in [4.78, 5) is 13.5. The Balaban J connectivity index is 0.000000344. The molecule has 3 N–H and O–H groups in total. The molecule has 2 fully saturated rings. The van der Waals surface area contributed by atoms with Gasteiger partial charge < -0.3 is 20.3 Å². The number of halogens is 5. The molecule has 34 heavy (non-hydrogen) atoms. The Hall–Kier alpha value is -2.53. The number of fused-ring (bicyclic) bond motifs is 1. The van der Waals surface area contributed by atoms with E-state index in [0.717, 1.165) is 44.4 Å². The first kappa shape index (κ1) is 24.6. The van der Waals surface area contributed by atoms with Gasteiger partial charge in [-0.05, 0) is 49.8 Å². The van der Waals surface area contributed by atoms with Crippen molar-refractivity contribution >= 4 is 5.97 Å². The minimum atomic E-state index is -5.08. The Morgan fingerprint density at radius 1 is 1.24 bits per heavy atom. The molecule has 0 bridgehead atoms. The third kappa shape index (κ3) is 5.25. The van der Waals surface area contributed by atoms with Crippen LogP contribution >= 0.6 is 0 Å². The van der Waals surface area contributed by atoms with Crippen molar-refractivity contribution in [3.63, 3.8) is 0 Å². The highest BCUT2D eigenvalue weighted by Gasteiger charge is 2.46. The Bertz CT molecular complexity index is 1030. The topological polar surface area (TPSA) is 79.2 Å². The standard InChI is InChI=1S/C21H26F2N4.C2HF3O2/c22-14-2-4-16(17(23)10-14)18-12-27-11-15(3-5-20(27)26-18)25-19-6-9-24-13-21(19)7-1-8-21;3-2(4,5)1(6)7/h2,4,10,12,15,19,24-25H,1,3,5-9,11,13H2;(H,6,7). The van der Waals surface area contributed by atoms with Crippen molar-refractivity contribution in [2.75, 3.05) is 13.1 Å². The average Bonchev–Trinajstić information content (AvgIpc) is 3.16. The second kappa shape index (κ2) is 9.61. The molecule has 1 spiro atoms. The van der Waals surface area contributed by atoms with Crippen LogP contribution in [0.25, 0.3) is 11.3 Å². The van der Waals surface area contributed by atoms with Gasteiger partial charge in [-0.25, -0.2) is 18.6 Å². The Morgan fingerprint density at radius 2 is 1.97 bits per heavy atom. The SMILES string of the molecule is Fc1ccc(-c2cn3c(n2)CCC(NC2CCNCC24CCC4)C3)c(F)c1.O=C(O)C(F)(F)F. The van der Waals surface area contributed by atoms with Crippen LogP contribution in [0.1, 0.15) is 37.9 Å². The zero-order valence-electron chi connectivity index (χ0n) is 18.5. The molecule has 2 aromatic rings. The van der Waals surface area contributed by atoms with Crippen LogP contribution in [0.4, 0.5) is 22.0 Å². The van der Waals surface area contributed by atoms with Gasteiger partial charge in [0.25, 0.3) is 0 Å². The molecule has 2 aliphatic heterocycles. The Morgan fingerprint density at radius 3 is 2.59 bits per heavy atom. The minimum Gasteiger partial charge on any atom is -0.475 e. The molecular weight excluding hydrogens is 459 g/mol. The summed E-state index contributed by atoms with van der Waals surface area (Å²) in [5.74, 6) is -2.87. The largest absolute Gasteiger partial charge is 0.490 e. The third-order valence-electron chi connectivity index (χ3n) is 7.05. The van der Waals surface area contributed by atoms with Crippen LogP contribution in [0.3, 0.4) is 0 Å². The van der Waals surface area contributed by atoms with Crippen molar-refractivity contribution in [1.29, 1.82) is 0 Å². The Kier molecular flexibility index (Phi) is 6.95. The summed E-state index contributed by atoms with van der Waals surface area (Å²) in [6.07, 6.45) is 3.98. The van der Waals surface area contributed by atoms with Gasteiger partial charge in [0.05, 0.1) is 5.69 Å². The van der Waals surface area contributed by atoms with Gasteiger partial charge in [-0.2, -0.15) is 13.2 Å². The third-order valence-corrected chi connectivity index (χ3v) is 7.05. The van der Waals surface area contributed by atoms with E-state index >= 15 is 0 Å². The Labute approximate surface area is 193 Å². The maximum atomic E-state index is 14.1. The van der Waals surface area contributed by atoms with Crippen LogP contribution in [0.15, 0.2) is 24.4 Å². The predicted molar refractivity (Wildman–Crippen MR) is 114 cm³/mol. The lowest BCUT2D eigenvalue weighted by atomic mass is 9.61. The van der Waals surface area contributed by atoms with E-state index in [4.69, 9.17) is 9.90 Å². The van der Waals surface area contributed by atoms with E-state index in [-0.39, 0.29) is 0 Å². The molecule has 1 saturated heterocycles. The van der Waals surface area contributed by atoms with Gasteiger partial charge in [-0.15, -0.1) is 0 Å². The first-order valence-corrected chi connectivity index (χ1v) is 11.4. The molecule has 5 rings (SSSR count). The van der Waals surface area contributed by atoms with Crippen molar-refractivity contribution in [2.45, 2.75) is 63.3 Å². The highest BCUT2D eigenvalue weighted by molar-refractivity contribution is 5.73. The predicted octanol–water partition coefficient (Wildman–Crippen LogP) is 3.90. The van der Waals surface area contributed by atoms with E-state index in [0.29, 0.717) is 28.8 Å². The molecular formula is C23H27F5N4O2. The number of nitrogens with zero attached hydrogens (tertiary/aromatic N) is 2. The number of aliphatic carboxylic acids is 1. The van der Waals surface area contributed by atoms with Crippen LogP contribution in [0.5, 0.6) is 0 Å². The van der Waals surface area contributed by atoms with Gasteiger partial charge in [0, 0.05) is 49.4 Å². The molecule has 2 atom stereocenters. The van der Waals surface area contributed by atoms with E-state index in [1.54, 1.807) is 0 Å². The van der Waals surface area contributed by atoms with E-state index in [9.17, 15) is 22.0 Å². The van der Waals surface area contributed by atoms with Crippen LogP contribution in [-0.4, -0.2) is 52.0 Å². The highest BCUT2D eigenvalue weighted by atomic mass is 19.4. The number of benzene rings is 1. The summed E-state index contributed by atoms with van der Waals surface area (Å²) in [7, 11) is 0. The number of hydrogen-bond donors (Lipinski definition) is 3. The molecule has 0 radical (unpaired) electrons. The zero-order valence-corrected chi connectivity index (χ0v) is 18.5. The number of carboxylic acids is 1. The fraction of sp³-hybridized carbons (Fsp3) is 0.565. The number of carbonyl (C=O) groups is 1. The molecule has 1 aromatic heterocycles. The first-order valence-electron chi connectivity index (χ1n) is 11.4. The fourth-order valence-corrected chi connectivity index (χ4v) is 5.12. The highest BCUT2D eigenvalue weighted by Crippen LogP contribution is 2.46. The molecule has 3 heterocycles. The van der Waals surface area contributed by atoms with Crippen LogP contribution in [-0.2, 0) is 17.8 Å². The lowest BCUT2D eigenvalue weighted by molar-refractivity contribution is -0.192. The monoisotopic (exact) mass is 486 g/mol. The fourth-order valence-electron chi connectivity index (χ4n) is 5.12. The maximum Gasteiger partial charge on any atom is 0.490 e. The van der Waals surface area contributed by atoms with Crippen molar-refractivity contribution in [1.82, 2.24) is 20.2 Å². The average molecular weight is 486 g/mol. The second-order valence-corrected chi connectivity index (χ2v) is 9.26. The zero-order chi connectivity index (χ0) is 24.5. The lowest BCUT2D eigenvalue weighted by Crippen LogP contribution is -2.61. The van der Waals surface area contributed by atoms with E-state index in [1.807, 2.05) is 6.20 Å². The number of rotatable bonds is 3. The minimum absolute atomic E-state index is 0.370. The molecule has 1 aliphatic carbocycles. The van der Waals surface area contributed by atoms with Crippen molar-refractivity contribution in [3.8, 4) is 11.3 Å². The number of imidazole rings is 1. The molecule has 186 valence electrons. The summed E-state index contributed by atoms with van der Waals surface area (Å²) < 4.78 is 61.2. The van der Waals surface area contributed by atoms with Gasteiger partial charge in [-0.3, -0.25) is 0 Å². The number of carboxylic acid groups (broad SMARTS) is 1. The number of aryl methyl sites for hydroxylation is 1. The smallest absolute Gasteiger partial charge is 0.475 e. The molecule has 3 aliphatic rings. The molecule has 0 amide bonds. The number of hydrogen-bond acceptors (Lipinski definition) is 4. The molecule has 1 saturated carbocycles. The van der Waals surface area contributed by atoms with E-state index < -0.39 is 23.8 Å². The number of piperidine rings is 1. The lowest BCUT2D eigenvalue weighted by Gasteiger charge is -2.52. The molecule has 1 aromatic carbocycles. The number of aromatic nitrogens is 2. The van der Waals surface area contributed by atoms with Gasteiger partial charge in [-0.1, -0.05) is 6.42 Å². The second-order valence-electron chi connectivity index (χ2n) is 9.26. The van der Waals surface area contributed by atoms with Gasteiger partial charge in [0.1, 0.15) is 17.5 Å². The van der Waals surface area contributed by atoms with Crippen LogP contribution in [0, 0.1) is 17.0 Å². The quantitative estimate of drug-likeness (QED) is 0.574. The molecule has 6 nitrogen and oxygen atoms in total. The first-order chi connectivity index (χ1) is 16.1. The summed E-state index contributed by atoms with van der Waals surface area (Å²) in [5, 5.41) is 14.6. The van der Waals surface area contributed by atoms with Crippen molar-refractivity contribution < 1.29 is 31.9 Å². The maximum absolute atomic E-state index is 14.1. The van der Waals surface area contributed by atoms with Crippen molar-refractivity contribution in [2.24, 2.45) is 5.41 Å².